The van der Waals surface area contributed by atoms with Crippen molar-refractivity contribution in [2.24, 2.45) is 0 Å². The van der Waals surface area contributed by atoms with Crippen LogP contribution in [0.15, 0.2) is 41.0 Å². The highest BCUT2D eigenvalue weighted by atomic mass is 35.5. The summed E-state index contributed by atoms with van der Waals surface area (Å²) in [5.74, 6) is 0.0385. The van der Waals surface area contributed by atoms with Gasteiger partial charge in [-0.15, -0.1) is 0 Å². The molecule has 2 heterocycles. The SMILES string of the molecule is O=C(CN1CCN(C(=O)c2ccco2)CC1)Nc1cccc(Cl)c1Cl. The Kier molecular flexibility index (Phi) is 5.63. The summed E-state index contributed by atoms with van der Waals surface area (Å²) in [6, 6.07) is 8.43. The van der Waals surface area contributed by atoms with E-state index in [1.165, 1.54) is 6.26 Å². The molecule has 8 heteroatoms. The molecule has 1 aliphatic heterocycles. The van der Waals surface area contributed by atoms with Crippen LogP contribution in [0.3, 0.4) is 0 Å². The molecule has 25 heavy (non-hydrogen) atoms. The topological polar surface area (TPSA) is 65.8 Å². The molecular weight excluding hydrogens is 365 g/mol. The van der Waals surface area contributed by atoms with Gasteiger partial charge in [0, 0.05) is 26.2 Å². The number of amides is 2. The van der Waals surface area contributed by atoms with E-state index in [0.717, 1.165) is 0 Å². The molecule has 2 amide bonds. The molecule has 1 aromatic heterocycles. The van der Waals surface area contributed by atoms with Gasteiger partial charge in [-0.25, -0.2) is 0 Å². The molecule has 132 valence electrons. The van der Waals surface area contributed by atoms with E-state index in [-0.39, 0.29) is 18.4 Å². The molecule has 3 rings (SSSR count). The molecule has 1 aliphatic rings. The maximum atomic E-state index is 12.2. The molecule has 6 nitrogen and oxygen atoms in total. The summed E-state index contributed by atoms with van der Waals surface area (Å²) in [6.07, 6.45) is 1.48. The average Bonchev–Trinajstić information content (AvgIpc) is 3.13. The monoisotopic (exact) mass is 381 g/mol. The van der Waals surface area contributed by atoms with Gasteiger partial charge in [-0.05, 0) is 24.3 Å². The Balaban J connectivity index is 1.49. The number of nitrogens with zero attached hydrogens (tertiary/aromatic N) is 2. The average molecular weight is 382 g/mol. The Morgan fingerprint density at radius 3 is 2.52 bits per heavy atom. The van der Waals surface area contributed by atoms with Crippen molar-refractivity contribution in [2.75, 3.05) is 38.0 Å². The van der Waals surface area contributed by atoms with Crippen LogP contribution in [0, 0.1) is 0 Å². The molecule has 0 aliphatic carbocycles. The molecular formula is C17H17Cl2N3O3. The van der Waals surface area contributed by atoms with Crippen LogP contribution in [0.25, 0.3) is 0 Å². The number of anilines is 1. The second-order valence-corrected chi connectivity index (χ2v) is 6.48. The zero-order valence-corrected chi connectivity index (χ0v) is 14.9. The van der Waals surface area contributed by atoms with Gasteiger partial charge in [-0.3, -0.25) is 14.5 Å². The smallest absolute Gasteiger partial charge is 0.289 e. The number of carbonyl (C=O) groups is 2. The Morgan fingerprint density at radius 2 is 1.84 bits per heavy atom. The minimum Gasteiger partial charge on any atom is -0.459 e. The number of carbonyl (C=O) groups excluding carboxylic acids is 2. The lowest BCUT2D eigenvalue weighted by atomic mass is 10.2. The van der Waals surface area contributed by atoms with Crippen LogP contribution in [0.1, 0.15) is 10.6 Å². The summed E-state index contributed by atoms with van der Waals surface area (Å²) in [5, 5.41) is 3.48. The molecule has 2 aromatic rings. The summed E-state index contributed by atoms with van der Waals surface area (Å²) in [7, 11) is 0. The Bertz CT molecular complexity index is 757. The van der Waals surface area contributed by atoms with Crippen LogP contribution < -0.4 is 5.32 Å². The predicted molar refractivity (Wildman–Crippen MR) is 96.1 cm³/mol. The minimum absolute atomic E-state index is 0.125. The van der Waals surface area contributed by atoms with Crippen molar-refractivity contribution in [1.29, 1.82) is 0 Å². The summed E-state index contributed by atoms with van der Waals surface area (Å²) < 4.78 is 5.13. The van der Waals surface area contributed by atoms with E-state index in [2.05, 4.69) is 5.32 Å². The van der Waals surface area contributed by atoms with Crippen molar-refractivity contribution in [1.82, 2.24) is 9.80 Å². The summed E-state index contributed by atoms with van der Waals surface area (Å²) in [4.78, 5) is 28.1. The minimum atomic E-state index is -0.171. The number of hydrogen-bond donors (Lipinski definition) is 1. The predicted octanol–water partition coefficient (Wildman–Crippen LogP) is 2.98. The molecule has 0 saturated carbocycles. The van der Waals surface area contributed by atoms with E-state index >= 15 is 0 Å². The first-order valence-electron chi connectivity index (χ1n) is 7.83. The fraction of sp³-hybridized carbons (Fsp3) is 0.294. The fourth-order valence-electron chi connectivity index (χ4n) is 2.66. The van der Waals surface area contributed by atoms with Gasteiger partial charge in [0.05, 0.1) is 28.5 Å². The van der Waals surface area contributed by atoms with Gasteiger partial charge < -0.3 is 14.6 Å². The molecule has 1 saturated heterocycles. The van der Waals surface area contributed by atoms with Gasteiger partial charge >= 0.3 is 0 Å². The van der Waals surface area contributed by atoms with Gasteiger partial charge in [-0.2, -0.15) is 0 Å². The summed E-state index contributed by atoms with van der Waals surface area (Å²) in [5.41, 5.74) is 0.491. The van der Waals surface area contributed by atoms with Crippen LogP contribution in [-0.2, 0) is 4.79 Å². The molecule has 1 aromatic carbocycles. The van der Waals surface area contributed by atoms with Crippen LogP contribution in [-0.4, -0.2) is 54.3 Å². The third-order valence-electron chi connectivity index (χ3n) is 3.98. The lowest BCUT2D eigenvalue weighted by Gasteiger charge is -2.33. The van der Waals surface area contributed by atoms with E-state index in [1.54, 1.807) is 35.2 Å². The van der Waals surface area contributed by atoms with E-state index in [1.807, 2.05) is 4.90 Å². The first-order valence-corrected chi connectivity index (χ1v) is 8.59. The lowest BCUT2D eigenvalue weighted by molar-refractivity contribution is -0.117. The Hall–Kier alpha value is -2.02. The normalized spacial score (nSPS) is 15.2. The molecule has 0 radical (unpaired) electrons. The number of nitrogens with one attached hydrogen (secondary N) is 1. The Morgan fingerprint density at radius 1 is 1.08 bits per heavy atom. The summed E-state index contributed by atoms with van der Waals surface area (Å²) >= 11 is 12.0. The van der Waals surface area contributed by atoms with Gasteiger partial charge in [0.15, 0.2) is 5.76 Å². The first kappa shape index (κ1) is 17.8. The third-order valence-corrected chi connectivity index (χ3v) is 4.80. The molecule has 0 spiro atoms. The molecule has 0 bridgehead atoms. The maximum absolute atomic E-state index is 12.2. The number of rotatable bonds is 4. The number of benzene rings is 1. The standard InChI is InChI=1S/C17H17Cl2N3O3/c18-12-3-1-4-13(16(12)19)20-15(23)11-21-6-8-22(9-7-21)17(24)14-5-2-10-25-14/h1-5,10H,6-9,11H2,(H,20,23). The van der Waals surface area contributed by atoms with E-state index < -0.39 is 0 Å². The molecule has 0 unspecified atom stereocenters. The zero-order valence-electron chi connectivity index (χ0n) is 13.4. The number of furan rings is 1. The van der Waals surface area contributed by atoms with Gasteiger partial charge in [0.25, 0.3) is 5.91 Å². The lowest BCUT2D eigenvalue weighted by Crippen LogP contribution is -2.50. The number of piperazine rings is 1. The Labute approximate surface area is 155 Å². The molecule has 1 N–H and O–H groups in total. The highest BCUT2D eigenvalue weighted by molar-refractivity contribution is 6.44. The van der Waals surface area contributed by atoms with Gasteiger partial charge in [0.1, 0.15) is 0 Å². The van der Waals surface area contributed by atoms with Crippen molar-refractivity contribution in [3.8, 4) is 0 Å². The largest absolute Gasteiger partial charge is 0.459 e. The van der Waals surface area contributed by atoms with Crippen LogP contribution in [0.5, 0.6) is 0 Å². The molecule has 0 atom stereocenters. The highest BCUT2D eigenvalue weighted by Crippen LogP contribution is 2.29. The van der Waals surface area contributed by atoms with E-state index in [4.69, 9.17) is 27.6 Å². The second kappa shape index (κ2) is 7.91. The van der Waals surface area contributed by atoms with Crippen LogP contribution >= 0.6 is 23.2 Å². The van der Waals surface area contributed by atoms with Crippen LogP contribution in [0.2, 0.25) is 10.0 Å². The van der Waals surface area contributed by atoms with Crippen molar-refractivity contribution in [2.45, 2.75) is 0 Å². The van der Waals surface area contributed by atoms with Crippen molar-refractivity contribution in [3.05, 3.63) is 52.4 Å². The third kappa shape index (κ3) is 4.34. The second-order valence-electron chi connectivity index (χ2n) is 5.70. The first-order chi connectivity index (χ1) is 12.0. The quantitative estimate of drug-likeness (QED) is 0.883. The van der Waals surface area contributed by atoms with Crippen molar-refractivity contribution in [3.63, 3.8) is 0 Å². The number of halogens is 2. The summed E-state index contributed by atoms with van der Waals surface area (Å²) in [6.45, 7) is 2.55. The maximum Gasteiger partial charge on any atom is 0.289 e. The highest BCUT2D eigenvalue weighted by Gasteiger charge is 2.24. The zero-order chi connectivity index (χ0) is 17.8. The van der Waals surface area contributed by atoms with Crippen molar-refractivity contribution < 1.29 is 14.0 Å². The van der Waals surface area contributed by atoms with Crippen molar-refractivity contribution >= 4 is 40.7 Å². The van der Waals surface area contributed by atoms with Gasteiger partial charge in [-0.1, -0.05) is 29.3 Å². The van der Waals surface area contributed by atoms with E-state index in [0.29, 0.717) is 47.7 Å². The van der Waals surface area contributed by atoms with Crippen LogP contribution in [0.4, 0.5) is 5.69 Å². The van der Waals surface area contributed by atoms with E-state index in [9.17, 15) is 9.59 Å². The van der Waals surface area contributed by atoms with Gasteiger partial charge in [0.2, 0.25) is 5.91 Å². The number of hydrogen-bond acceptors (Lipinski definition) is 4. The fourth-order valence-corrected chi connectivity index (χ4v) is 3.01. The molecule has 1 fully saturated rings.